The molecule has 3 rings (SSSR count). The van der Waals surface area contributed by atoms with Crippen LogP contribution in [-0.2, 0) is 13.1 Å². The lowest BCUT2D eigenvalue weighted by atomic mass is 10.3. The third-order valence-electron chi connectivity index (χ3n) is 2.90. The van der Waals surface area contributed by atoms with Crippen molar-refractivity contribution in [1.29, 1.82) is 0 Å². The Morgan fingerprint density at radius 1 is 1.42 bits per heavy atom. The minimum atomic E-state index is -0.0751. The summed E-state index contributed by atoms with van der Waals surface area (Å²) in [5, 5.41) is 7.04. The molecular weight excluding hydrogens is 260 g/mol. The monoisotopic (exact) mass is 274 g/mol. The topological polar surface area (TPSA) is 53.4 Å². The van der Waals surface area contributed by atoms with E-state index in [1.807, 2.05) is 7.05 Å². The van der Waals surface area contributed by atoms with Gasteiger partial charge in [-0.05, 0) is 29.4 Å². The average molecular weight is 274 g/mol. The van der Waals surface area contributed by atoms with E-state index in [4.69, 9.17) is 0 Å². The fraction of sp³-hybridized carbons (Fsp3) is 0.231. The predicted molar refractivity (Wildman–Crippen MR) is 75.3 cm³/mol. The molecule has 0 aromatic carbocycles. The molecule has 0 amide bonds. The van der Waals surface area contributed by atoms with Crippen LogP contribution in [0.5, 0.6) is 0 Å². The molecule has 3 heterocycles. The van der Waals surface area contributed by atoms with Gasteiger partial charge in [-0.25, -0.2) is 9.50 Å². The van der Waals surface area contributed by atoms with Crippen molar-refractivity contribution >= 4 is 17.0 Å². The van der Waals surface area contributed by atoms with Gasteiger partial charge in [0.05, 0.1) is 5.69 Å². The molecule has 0 unspecified atom stereocenters. The molecule has 3 aromatic rings. The molecule has 1 N–H and O–H groups in total. The molecule has 0 spiro atoms. The van der Waals surface area contributed by atoms with E-state index in [2.05, 4.69) is 31.8 Å². The summed E-state index contributed by atoms with van der Waals surface area (Å²) in [5.41, 5.74) is 2.66. The van der Waals surface area contributed by atoms with Gasteiger partial charge in [-0.3, -0.25) is 14.8 Å². The lowest BCUT2D eigenvalue weighted by Gasteiger charge is -2.15. The summed E-state index contributed by atoms with van der Waals surface area (Å²) in [6.07, 6.45) is 1.71. The molecule has 0 saturated heterocycles. The van der Waals surface area contributed by atoms with E-state index in [9.17, 15) is 4.79 Å². The molecule has 3 aromatic heterocycles. The number of nitrogens with one attached hydrogen (secondary N) is 1. The molecule has 19 heavy (non-hydrogen) atoms. The predicted octanol–water partition coefficient (Wildman–Crippen LogP) is 1.72. The Labute approximate surface area is 114 Å². The standard InChI is InChI=1S/C13H14N4OS/c1-16(7-10-3-5-19-9-10)8-11-6-13(18)17-12(15-11)2-4-14-17/h2-6,9,14H,7-8H2,1H3. The van der Waals surface area contributed by atoms with Gasteiger partial charge in [-0.15, -0.1) is 0 Å². The van der Waals surface area contributed by atoms with Gasteiger partial charge >= 0.3 is 0 Å². The van der Waals surface area contributed by atoms with Crippen LogP contribution in [0, 0.1) is 0 Å². The number of H-pyrrole nitrogens is 1. The zero-order valence-corrected chi connectivity index (χ0v) is 11.4. The molecule has 0 bridgehead atoms. The minimum absolute atomic E-state index is 0.0751. The first-order valence-electron chi connectivity index (χ1n) is 5.98. The van der Waals surface area contributed by atoms with Gasteiger partial charge in [0.25, 0.3) is 5.56 Å². The lowest BCUT2D eigenvalue weighted by Crippen LogP contribution is -2.21. The van der Waals surface area contributed by atoms with Gasteiger partial charge < -0.3 is 0 Å². The molecule has 6 heteroatoms. The molecule has 0 aliphatic rings. The highest BCUT2D eigenvalue weighted by atomic mass is 32.1. The molecular formula is C13H14N4OS. The molecule has 5 nitrogen and oxygen atoms in total. The molecule has 0 aliphatic heterocycles. The number of rotatable bonds is 4. The quantitative estimate of drug-likeness (QED) is 0.788. The number of thiophene rings is 1. The van der Waals surface area contributed by atoms with Crippen molar-refractivity contribution in [2.75, 3.05) is 7.05 Å². The third kappa shape index (κ3) is 2.59. The first-order valence-corrected chi connectivity index (χ1v) is 6.92. The number of hydrogen-bond donors (Lipinski definition) is 1. The highest BCUT2D eigenvalue weighted by molar-refractivity contribution is 7.07. The van der Waals surface area contributed by atoms with Crippen LogP contribution >= 0.6 is 11.3 Å². The normalized spacial score (nSPS) is 11.5. The van der Waals surface area contributed by atoms with Crippen LogP contribution < -0.4 is 5.56 Å². The van der Waals surface area contributed by atoms with Gasteiger partial charge in [0, 0.05) is 31.4 Å². The zero-order valence-electron chi connectivity index (χ0n) is 10.5. The molecule has 0 radical (unpaired) electrons. The van der Waals surface area contributed by atoms with Crippen molar-refractivity contribution in [2.45, 2.75) is 13.1 Å². The van der Waals surface area contributed by atoms with E-state index in [-0.39, 0.29) is 5.56 Å². The van der Waals surface area contributed by atoms with Gasteiger partial charge in [0.1, 0.15) is 0 Å². The average Bonchev–Trinajstić information content (AvgIpc) is 2.99. The van der Waals surface area contributed by atoms with Crippen LogP contribution in [0.1, 0.15) is 11.3 Å². The van der Waals surface area contributed by atoms with Crippen molar-refractivity contribution in [1.82, 2.24) is 19.5 Å². The molecule has 0 fully saturated rings. The number of nitrogens with zero attached hydrogens (tertiary/aromatic N) is 3. The van der Waals surface area contributed by atoms with Crippen LogP contribution in [0.4, 0.5) is 0 Å². The van der Waals surface area contributed by atoms with Crippen LogP contribution in [0.15, 0.2) is 40.0 Å². The first kappa shape index (κ1) is 12.1. The van der Waals surface area contributed by atoms with E-state index >= 15 is 0 Å². The Morgan fingerprint density at radius 3 is 3.11 bits per heavy atom. The van der Waals surface area contributed by atoms with Crippen molar-refractivity contribution in [3.05, 3.63) is 56.8 Å². The van der Waals surface area contributed by atoms with E-state index < -0.39 is 0 Å². The van der Waals surface area contributed by atoms with Crippen molar-refractivity contribution in [2.24, 2.45) is 0 Å². The van der Waals surface area contributed by atoms with E-state index in [1.165, 1.54) is 10.1 Å². The maximum Gasteiger partial charge on any atom is 0.272 e. The maximum absolute atomic E-state index is 11.8. The Hall–Kier alpha value is -1.92. The summed E-state index contributed by atoms with van der Waals surface area (Å²) in [7, 11) is 2.03. The third-order valence-corrected chi connectivity index (χ3v) is 3.63. The Kier molecular flexibility index (Phi) is 3.18. The van der Waals surface area contributed by atoms with Crippen LogP contribution in [0.3, 0.4) is 0 Å². The minimum Gasteiger partial charge on any atom is -0.297 e. The Bertz CT molecular complexity index is 729. The van der Waals surface area contributed by atoms with Crippen LogP contribution in [0.2, 0.25) is 0 Å². The highest BCUT2D eigenvalue weighted by Crippen LogP contribution is 2.10. The summed E-state index contributed by atoms with van der Waals surface area (Å²) < 4.78 is 1.43. The summed E-state index contributed by atoms with van der Waals surface area (Å²) in [6.45, 7) is 1.52. The van der Waals surface area contributed by atoms with Crippen LogP contribution in [-0.4, -0.2) is 26.5 Å². The van der Waals surface area contributed by atoms with Crippen molar-refractivity contribution in [3.63, 3.8) is 0 Å². The molecule has 98 valence electrons. The molecule has 0 saturated carbocycles. The van der Waals surface area contributed by atoms with Gasteiger partial charge in [-0.2, -0.15) is 11.3 Å². The zero-order chi connectivity index (χ0) is 13.2. The van der Waals surface area contributed by atoms with Crippen molar-refractivity contribution in [3.8, 4) is 0 Å². The second-order valence-electron chi connectivity index (χ2n) is 4.55. The number of aromatic amines is 1. The fourth-order valence-corrected chi connectivity index (χ4v) is 2.74. The highest BCUT2D eigenvalue weighted by Gasteiger charge is 2.06. The Morgan fingerprint density at radius 2 is 2.32 bits per heavy atom. The summed E-state index contributed by atoms with van der Waals surface area (Å²) in [4.78, 5) is 18.4. The number of fused-ring (bicyclic) bond motifs is 1. The van der Waals surface area contributed by atoms with Crippen LogP contribution in [0.25, 0.3) is 5.65 Å². The molecule has 0 atom stereocenters. The van der Waals surface area contributed by atoms with Gasteiger partial charge in [0.2, 0.25) is 0 Å². The smallest absolute Gasteiger partial charge is 0.272 e. The summed E-state index contributed by atoms with van der Waals surface area (Å²) in [5.74, 6) is 0. The molecule has 0 aliphatic carbocycles. The first-order chi connectivity index (χ1) is 9.22. The van der Waals surface area contributed by atoms with E-state index in [1.54, 1.807) is 29.7 Å². The van der Waals surface area contributed by atoms with Crippen molar-refractivity contribution < 1.29 is 0 Å². The second-order valence-corrected chi connectivity index (χ2v) is 5.33. The largest absolute Gasteiger partial charge is 0.297 e. The Balaban J connectivity index is 1.79. The van der Waals surface area contributed by atoms with Gasteiger partial charge in [0.15, 0.2) is 5.65 Å². The van der Waals surface area contributed by atoms with E-state index in [0.717, 1.165) is 12.2 Å². The van der Waals surface area contributed by atoms with Gasteiger partial charge in [-0.1, -0.05) is 0 Å². The number of hydrogen-bond acceptors (Lipinski definition) is 4. The SMILES string of the molecule is CN(Cc1ccsc1)Cc1cc(=O)n2[nH]ccc2n1. The number of aromatic nitrogens is 3. The maximum atomic E-state index is 11.8. The fourth-order valence-electron chi connectivity index (χ4n) is 2.09. The summed E-state index contributed by atoms with van der Waals surface area (Å²) in [6, 6.07) is 5.48. The second kappa shape index (κ2) is 4.99. The summed E-state index contributed by atoms with van der Waals surface area (Å²) >= 11 is 1.69. The van der Waals surface area contributed by atoms with E-state index in [0.29, 0.717) is 12.2 Å². The lowest BCUT2D eigenvalue weighted by molar-refractivity contribution is 0.315.